The molecule has 104 valence electrons. The normalized spacial score (nSPS) is 11.4. The highest BCUT2D eigenvalue weighted by molar-refractivity contribution is 5.93. The van der Waals surface area contributed by atoms with Gasteiger partial charge in [0.25, 0.3) is 0 Å². The number of alkyl halides is 3. The molecule has 0 aliphatic carbocycles. The summed E-state index contributed by atoms with van der Waals surface area (Å²) in [7, 11) is 0. The highest BCUT2D eigenvalue weighted by Gasteiger charge is 2.34. The second-order valence-corrected chi connectivity index (χ2v) is 3.99. The molecule has 7 heteroatoms. The summed E-state index contributed by atoms with van der Waals surface area (Å²) < 4.78 is 51.7. The lowest BCUT2D eigenvalue weighted by Gasteiger charge is -2.13. The number of aromatic nitrogens is 1. The molecule has 1 aromatic carbocycles. The van der Waals surface area contributed by atoms with Crippen LogP contribution in [0.1, 0.15) is 15.9 Å². The lowest BCUT2D eigenvalue weighted by atomic mass is 9.98. The maximum absolute atomic E-state index is 13.0. The van der Waals surface area contributed by atoms with Gasteiger partial charge in [-0.05, 0) is 29.8 Å². The maximum atomic E-state index is 13.0. The Kier molecular flexibility index (Phi) is 3.44. The molecule has 2 N–H and O–H groups in total. The van der Waals surface area contributed by atoms with Gasteiger partial charge in [-0.3, -0.25) is 4.79 Å². The fraction of sp³-hybridized carbons (Fsp3) is 0.0769. The van der Waals surface area contributed by atoms with Crippen LogP contribution < -0.4 is 5.73 Å². The maximum Gasteiger partial charge on any atom is 0.417 e. The van der Waals surface area contributed by atoms with Crippen LogP contribution in [0, 0.1) is 5.95 Å². The first-order chi connectivity index (χ1) is 9.29. The second-order valence-electron chi connectivity index (χ2n) is 3.99. The molecule has 0 radical (unpaired) electrons. The Morgan fingerprint density at radius 3 is 2.35 bits per heavy atom. The van der Waals surface area contributed by atoms with Gasteiger partial charge >= 0.3 is 6.18 Å². The van der Waals surface area contributed by atoms with Crippen molar-refractivity contribution < 1.29 is 22.4 Å². The van der Waals surface area contributed by atoms with Crippen LogP contribution in [0.5, 0.6) is 0 Å². The standard InChI is InChI=1S/C13H8F4N2O/c14-11-4-2-8(6-19-11)9-3-1-7(12(18)20)5-10(9)13(15,16)17/h1-6H,(H2,18,20). The lowest BCUT2D eigenvalue weighted by molar-refractivity contribution is -0.137. The molecule has 0 spiro atoms. The number of amides is 1. The van der Waals surface area contributed by atoms with Crippen LogP contribution in [0.25, 0.3) is 11.1 Å². The Balaban J connectivity index is 2.63. The predicted molar refractivity (Wildman–Crippen MR) is 63.2 cm³/mol. The number of carbonyl (C=O) groups is 1. The molecule has 0 atom stereocenters. The first kappa shape index (κ1) is 14.0. The Hall–Kier alpha value is -2.44. The average molecular weight is 284 g/mol. The third-order valence-electron chi connectivity index (χ3n) is 2.65. The number of halogens is 4. The number of rotatable bonds is 2. The van der Waals surface area contributed by atoms with Crippen LogP contribution in [0.4, 0.5) is 17.6 Å². The minimum absolute atomic E-state index is 0.0924. The molecule has 1 heterocycles. The highest BCUT2D eigenvalue weighted by atomic mass is 19.4. The van der Waals surface area contributed by atoms with Crippen LogP contribution in [-0.4, -0.2) is 10.9 Å². The monoisotopic (exact) mass is 284 g/mol. The van der Waals surface area contributed by atoms with E-state index < -0.39 is 23.6 Å². The van der Waals surface area contributed by atoms with Gasteiger partial charge < -0.3 is 5.73 Å². The zero-order chi connectivity index (χ0) is 14.9. The van der Waals surface area contributed by atoms with E-state index in [1.807, 2.05) is 0 Å². The van der Waals surface area contributed by atoms with Gasteiger partial charge in [0.15, 0.2) is 0 Å². The van der Waals surface area contributed by atoms with Gasteiger partial charge in [-0.15, -0.1) is 0 Å². The highest BCUT2D eigenvalue weighted by Crippen LogP contribution is 2.37. The summed E-state index contributed by atoms with van der Waals surface area (Å²) >= 11 is 0. The van der Waals surface area contributed by atoms with Crippen molar-refractivity contribution >= 4 is 5.91 Å². The summed E-state index contributed by atoms with van der Waals surface area (Å²) in [5.74, 6) is -1.75. The van der Waals surface area contributed by atoms with Gasteiger partial charge in [0.2, 0.25) is 11.9 Å². The van der Waals surface area contributed by atoms with E-state index in [-0.39, 0.29) is 16.7 Å². The average Bonchev–Trinajstić information content (AvgIpc) is 2.38. The molecule has 0 saturated heterocycles. The fourth-order valence-electron chi connectivity index (χ4n) is 1.72. The smallest absolute Gasteiger partial charge is 0.366 e. The van der Waals surface area contributed by atoms with E-state index >= 15 is 0 Å². The number of nitrogens with zero attached hydrogens (tertiary/aromatic N) is 1. The van der Waals surface area contributed by atoms with Crippen molar-refractivity contribution in [2.45, 2.75) is 6.18 Å². The van der Waals surface area contributed by atoms with Gasteiger partial charge in [-0.1, -0.05) is 6.07 Å². The van der Waals surface area contributed by atoms with E-state index in [4.69, 9.17) is 5.73 Å². The van der Waals surface area contributed by atoms with Crippen LogP contribution in [0.2, 0.25) is 0 Å². The second kappa shape index (κ2) is 4.92. The topological polar surface area (TPSA) is 56.0 Å². The zero-order valence-electron chi connectivity index (χ0n) is 9.91. The van der Waals surface area contributed by atoms with Crippen LogP contribution in [-0.2, 0) is 6.18 Å². The SMILES string of the molecule is NC(=O)c1ccc(-c2ccc(F)nc2)c(C(F)(F)F)c1. The number of hydrogen-bond acceptors (Lipinski definition) is 2. The van der Waals surface area contributed by atoms with Crippen molar-refractivity contribution in [3.8, 4) is 11.1 Å². The van der Waals surface area contributed by atoms with Crippen molar-refractivity contribution in [1.82, 2.24) is 4.98 Å². The Morgan fingerprint density at radius 1 is 1.15 bits per heavy atom. The first-order valence-electron chi connectivity index (χ1n) is 5.42. The van der Waals surface area contributed by atoms with Crippen LogP contribution in [0.3, 0.4) is 0 Å². The van der Waals surface area contributed by atoms with E-state index in [1.54, 1.807) is 0 Å². The molecule has 0 saturated carbocycles. The molecule has 1 amide bonds. The molecular weight excluding hydrogens is 276 g/mol. The molecule has 20 heavy (non-hydrogen) atoms. The van der Waals surface area contributed by atoms with Crippen molar-refractivity contribution in [1.29, 1.82) is 0 Å². The van der Waals surface area contributed by atoms with Gasteiger partial charge in [0.1, 0.15) is 0 Å². The molecule has 2 aromatic rings. The fourth-order valence-corrected chi connectivity index (χ4v) is 1.72. The summed E-state index contributed by atoms with van der Waals surface area (Å²) in [6.07, 6.45) is -3.68. The molecule has 0 fully saturated rings. The predicted octanol–water partition coefficient (Wildman–Crippen LogP) is 3.01. The Bertz CT molecular complexity index is 650. The van der Waals surface area contributed by atoms with E-state index in [0.29, 0.717) is 6.07 Å². The summed E-state index contributed by atoms with van der Waals surface area (Å²) in [5.41, 5.74) is 3.58. The summed E-state index contributed by atoms with van der Waals surface area (Å²) in [6.45, 7) is 0. The molecule has 1 aromatic heterocycles. The quantitative estimate of drug-likeness (QED) is 0.680. The van der Waals surface area contributed by atoms with E-state index in [2.05, 4.69) is 4.98 Å². The largest absolute Gasteiger partial charge is 0.417 e. The first-order valence-corrected chi connectivity index (χ1v) is 5.42. The van der Waals surface area contributed by atoms with Gasteiger partial charge in [-0.2, -0.15) is 17.6 Å². The summed E-state index contributed by atoms with van der Waals surface area (Å²) in [5, 5.41) is 0. The van der Waals surface area contributed by atoms with Crippen molar-refractivity contribution in [2.24, 2.45) is 5.73 Å². The summed E-state index contributed by atoms with van der Waals surface area (Å²) in [4.78, 5) is 14.3. The van der Waals surface area contributed by atoms with Crippen LogP contribution in [0.15, 0.2) is 36.5 Å². The number of hydrogen-bond donors (Lipinski definition) is 1. The molecule has 0 bridgehead atoms. The van der Waals surface area contributed by atoms with Gasteiger partial charge in [0.05, 0.1) is 5.56 Å². The number of nitrogens with two attached hydrogens (primary N) is 1. The Labute approximate surface area is 111 Å². The molecule has 0 aliphatic heterocycles. The third kappa shape index (κ3) is 2.76. The Morgan fingerprint density at radius 2 is 1.85 bits per heavy atom. The number of benzene rings is 1. The minimum Gasteiger partial charge on any atom is -0.366 e. The lowest BCUT2D eigenvalue weighted by Crippen LogP contribution is -2.14. The molecule has 0 unspecified atom stereocenters. The molecule has 3 nitrogen and oxygen atoms in total. The third-order valence-corrected chi connectivity index (χ3v) is 2.65. The van der Waals surface area contributed by atoms with E-state index in [1.165, 1.54) is 12.1 Å². The van der Waals surface area contributed by atoms with E-state index in [0.717, 1.165) is 18.3 Å². The summed E-state index contributed by atoms with van der Waals surface area (Å²) in [6, 6.07) is 5.09. The molecule has 2 rings (SSSR count). The number of primary amides is 1. The van der Waals surface area contributed by atoms with Gasteiger partial charge in [0, 0.05) is 17.3 Å². The molecular formula is C13H8F4N2O. The van der Waals surface area contributed by atoms with Crippen LogP contribution >= 0.6 is 0 Å². The zero-order valence-corrected chi connectivity index (χ0v) is 9.91. The van der Waals surface area contributed by atoms with Crippen molar-refractivity contribution in [3.05, 3.63) is 53.6 Å². The minimum atomic E-state index is -4.67. The van der Waals surface area contributed by atoms with Crippen molar-refractivity contribution in [2.75, 3.05) is 0 Å². The van der Waals surface area contributed by atoms with Gasteiger partial charge in [-0.25, -0.2) is 4.98 Å². The number of carbonyl (C=O) groups excluding carboxylic acids is 1. The molecule has 0 aliphatic rings. The van der Waals surface area contributed by atoms with Crippen molar-refractivity contribution in [3.63, 3.8) is 0 Å². The number of pyridine rings is 1. The van der Waals surface area contributed by atoms with E-state index in [9.17, 15) is 22.4 Å².